The van der Waals surface area contributed by atoms with Gasteiger partial charge in [-0.3, -0.25) is 4.79 Å². The normalized spacial score (nSPS) is 12.8. The van der Waals surface area contributed by atoms with Crippen LogP contribution in [-0.2, 0) is 16.0 Å². The number of amides is 1. The molecule has 0 aliphatic carbocycles. The van der Waals surface area contributed by atoms with Crippen LogP contribution in [0.15, 0.2) is 22.8 Å². The topological polar surface area (TPSA) is 88.8 Å². The number of benzene rings is 1. The summed E-state index contributed by atoms with van der Waals surface area (Å²) in [6.07, 6.45) is -0.350. The maximum Gasteiger partial charge on any atom is 0.407 e. The molecular formula is C17H19F2NO5. The Hall–Kier alpha value is -2.64. The molecule has 1 amide bonds. The number of fused-ring (bicyclic) bond motifs is 1. The summed E-state index contributed by atoms with van der Waals surface area (Å²) in [5.74, 6) is -2.67. The lowest BCUT2D eigenvalue weighted by Gasteiger charge is -2.23. The van der Waals surface area contributed by atoms with E-state index < -0.39 is 41.8 Å². The number of carbonyl (C=O) groups is 2. The summed E-state index contributed by atoms with van der Waals surface area (Å²) >= 11 is 0. The fraction of sp³-hybridized carbons (Fsp3) is 0.412. The second kappa shape index (κ2) is 7.08. The molecule has 2 rings (SSSR count). The summed E-state index contributed by atoms with van der Waals surface area (Å²) in [5, 5.41) is 11.3. The van der Waals surface area contributed by atoms with Crippen LogP contribution in [-0.4, -0.2) is 28.8 Å². The Labute approximate surface area is 142 Å². The minimum Gasteiger partial charge on any atom is -0.481 e. The molecule has 0 aliphatic heterocycles. The highest BCUT2D eigenvalue weighted by Gasteiger charge is 2.24. The summed E-state index contributed by atoms with van der Waals surface area (Å²) in [5.41, 5.74) is -1.05. The van der Waals surface area contributed by atoms with Gasteiger partial charge in [-0.2, -0.15) is 0 Å². The van der Waals surface area contributed by atoms with Crippen molar-refractivity contribution < 1.29 is 32.6 Å². The van der Waals surface area contributed by atoms with Crippen molar-refractivity contribution in [2.24, 2.45) is 0 Å². The quantitative estimate of drug-likeness (QED) is 0.855. The van der Waals surface area contributed by atoms with E-state index in [4.69, 9.17) is 14.3 Å². The zero-order chi connectivity index (χ0) is 18.8. The molecule has 0 radical (unpaired) electrons. The van der Waals surface area contributed by atoms with E-state index in [2.05, 4.69) is 5.32 Å². The first-order chi connectivity index (χ1) is 11.6. The Morgan fingerprint density at radius 2 is 2.04 bits per heavy atom. The van der Waals surface area contributed by atoms with Gasteiger partial charge in [0.15, 0.2) is 11.4 Å². The molecule has 2 aromatic rings. The molecule has 1 heterocycles. The number of hydrogen-bond donors (Lipinski definition) is 2. The number of hydrogen-bond acceptors (Lipinski definition) is 4. The van der Waals surface area contributed by atoms with Gasteiger partial charge >= 0.3 is 12.1 Å². The van der Waals surface area contributed by atoms with Gasteiger partial charge in [-0.05, 0) is 44.9 Å². The third-order valence-corrected chi connectivity index (χ3v) is 3.31. The van der Waals surface area contributed by atoms with Gasteiger partial charge in [-0.25, -0.2) is 13.6 Å². The number of ether oxygens (including phenoxy) is 1. The predicted octanol–water partition coefficient (Wildman–Crippen LogP) is 3.62. The Kier molecular flexibility index (Phi) is 5.30. The first-order valence-corrected chi connectivity index (χ1v) is 7.62. The second-order valence-electron chi connectivity index (χ2n) is 6.64. The molecule has 0 saturated heterocycles. The number of carboxylic acid groups (broad SMARTS) is 1. The minimum absolute atomic E-state index is 0.0404. The van der Waals surface area contributed by atoms with E-state index in [1.165, 1.54) is 6.07 Å². The van der Waals surface area contributed by atoms with Gasteiger partial charge in [0, 0.05) is 6.04 Å². The molecule has 1 aromatic carbocycles. The van der Waals surface area contributed by atoms with Gasteiger partial charge in [-0.1, -0.05) is 0 Å². The van der Waals surface area contributed by atoms with Crippen LogP contribution in [0.3, 0.4) is 0 Å². The molecule has 0 bridgehead atoms. The van der Waals surface area contributed by atoms with Crippen molar-refractivity contribution in [1.29, 1.82) is 0 Å². The molecule has 0 fully saturated rings. The predicted molar refractivity (Wildman–Crippen MR) is 85.2 cm³/mol. The number of carboxylic acids is 1. The van der Waals surface area contributed by atoms with Crippen LogP contribution < -0.4 is 5.32 Å². The molecule has 8 heteroatoms. The number of alkyl carbamates (subject to hydrolysis) is 1. The molecule has 2 N–H and O–H groups in total. The molecule has 0 aliphatic rings. The Balaban J connectivity index is 2.23. The van der Waals surface area contributed by atoms with Crippen LogP contribution in [0.2, 0.25) is 0 Å². The first-order valence-electron chi connectivity index (χ1n) is 7.62. The number of furan rings is 1. The molecule has 0 unspecified atom stereocenters. The van der Waals surface area contributed by atoms with E-state index in [-0.39, 0.29) is 23.0 Å². The van der Waals surface area contributed by atoms with E-state index in [9.17, 15) is 18.4 Å². The fourth-order valence-electron chi connectivity index (χ4n) is 2.40. The Morgan fingerprint density at radius 1 is 1.36 bits per heavy atom. The lowest BCUT2D eigenvalue weighted by atomic mass is 10.0. The van der Waals surface area contributed by atoms with Crippen LogP contribution in [0, 0.1) is 11.6 Å². The SMILES string of the molecule is CC(C)(C)OC(=O)N[C@@H](CC(=O)O)Cc1cc(F)c2occc2c1F. The maximum absolute atomic E-state index is 14.5. The van der Waals surface area contributed by atoms with E-state index in [1.807, 2.05) is 0 Å². The van der Waals surface area contributed by atoms with Crippen LogP contribution in [0.25, 0.3) is 11.0 Å². The monoisotopic (exact) mass is 355 g/mol. The summed E-state index contributed by atoms with van der Waals surface area (Å²) in [4.78, 5) is 22.9. The largest absolute Gasteiger partial charge is 0.481 e. The highest BCUT2D eigenvalue weighted by molar-refractivity contribution is 5.79. The summed E-state index contributed by atoms with van der Waals surface area (Å²) in [6, 6.07) is 1.25. The van der Waals surface area contributed by atoms with Crippen molar-refractivity contribution >= 4 is 23.0 Å². The number of aliphatic carboxylic acids is 1. The van der Waals surface area contributed by atoms with Crippen LogP contribution in [0.4, 0.5) is 13.6 Å². The number of rotatable bonds is 5. The lowest BCUT2D eigenvalue weighted by Crippen LogP contribution is -2.41. The first kappa shape index (κ1) is 18.7. The summed E-state index contributed by atoms with van der Waals surface area (Å²) < 4.78 is 38.4. The zero-order valence-corrected chi connectivity index (χ0v) is 14.1. The summed E-state index contributed by atoms with van der Waals surface area (Å²) in [6.45, 7) is 4.96. The van der Waals surface area contributed by atoms with Crippen molar-refractivity contribution in [1.82, 2.24) is 5.32 Å². The zero-order valence-electron chi connectivity index (χ0n) is 14.1. The van der Waals surface area contributed by atoms with Crippen LogP contribution in [0.1, 0.15) is 32.8 Å². The van der Waals surface area contributed by atoms with E-state index in [1.54, 1.807) is 20.8 Å². The minimum atomic E-state index is -1.19. The van der Waals surface area contributed by atoms with E-state index in [0.717, 1.165) is 12.3 Å². The molecule has 25 heavy (non-hydrogen) atoms. The second-order valence-corrected chi connectivity index (χ2v) is 6.64. The number of carbonyl (C=O) groups excluding carboxylic acids is 1. The Bertz CT molecular complexity index is 794. The molecule has 6 nitrogen and oxygen atoms in total. The van der Waals surface area contributed by atoms with Crippen molar-refractivity contribution in [2.45, 2.75) is 45.3 Å². The Morgan fingerprint density at radius 3 is 2.64 bits per heavy atom. The van der Waals surface area contributed by atoms with Crippen molar-refractivity contribution in [3.05, 3.63) is 35.6 Å². The molecule has 136 valence electrons. The highest BCUT2D eigenvalue weighted by atomic mass is 19.1. The molecule has 0 spiro atoms. The third kappa shape index (κ3) is 4.91. The van der Waals surface area contributed by atoms with Gasteiger partial charge in [0.25, 0.3) is 0 Å². The van der Waals surface area contributed by atoms with Crippen molar-refractivity contribution in [3.8, 4) is 0 Å². The fourth-order valence-corrected chi connectivity index (χ4v) is 2.40. The molecule has 1 atom stereocenters. The van der Waals surface area contributed by atoms with Gasteiger partial charge in [0.05, 0.1) is 18.1 Å². The van der Waals surface area contributed by atoms with Crippen LogP contribution in [0.5, 0.6) is 0 Å². The van der Waals surface area contributed by atoms with Gasteiger partial charge in [-0.15, -0.1) is 0 Å². The number of nitrogens with one attached hydrogen (secondary N) is 1. The third-order valence-electron chi connectivity index (χ3n) is 3.31. The molecule has 1 aromatic heterocycles. The lowest BCUT2D eigenvalue weighted by molar-refractivity contribution is -0.137. The smallest absolute Gasteiger partial charge is 0.407 e. The van der Waals surface area contributed by atoms with Gasteiger partial charge in [0.1, 0.15) is 11.4 Å². The number of halogens is 2. The standard InChI is InChI=1S/C17H19F2NO5/c1-17(2,3)25-16(23)20-10(8-13(21)22)6-9-7-12(18)15-11(14(9)19)4-5-24-15/h4-5,7,10H,6,8H2,1-3H3,(H,20,23)(H,21,22)/t10-/m1/s1. The molecule has 0 saturated carbocycles. The van der Waals surface area contributed by atoms with Crippen LogP contribution >= 0.6 is 0 Å². The maximum atomic E-state index is 14.5. The van der Waals surface area contributed by atoms with Gasteiger partial charge < -0.3 is 19.6 Å². The van der Waals surface area contributed by atoms with Crippen molar-refractivity contribution in [2.75, 3.05) is 0 Å². The highest BCUT2D eigenvalue weighted by Crippen LogP contribution is 2.26. The van der Waals surface area contributed by atoms with E-state index in [0.29, 0.717) is 0 Å². The van der Waals surface area contributed by atoms with E-state index >= 15 is 0 Å². The average Bonchev–Trinajstić information content (AvgIpc) is 2.91. The van der Waals surface area contributed by atoms with Crippen molar-refractivity contribution in [3.63, 3.8) is 0 Å². The molecular weight excluding hydrogens is 336 g/mol. The van der Waals surface area contributed by atoms with Gasteiger partial charge in [0.2, 0.25) is 0 Å². The average molecular weight is 355 g/mol. The summed E-state index contributed by atoms with van der Waals surface area (Å²) in [7, 11) is 0.